The topological polar surface area (TPSA) is 83.5 Å². The van der Waals surface area contributed by atoms with Gasteiger partial charge >= 0.3 is 5.97 Å². The Bertz CT molecular complexity index is 345. The van der Waals surface area contributed by atoms with Crippen LogP contribution in [0.25, 0.3) is 0 Å². The van der Waals surface area contributed by atoms with Crippen LogP contribution in [0.2, 0.25) is 0 Å². The van der Waals surface area contributed by atoms with Gasteiger partial charge in [0, 0.05) is 0 Å². The summed E-state index contributed by atoms with van der Waals surface area (Å²) in [6.07, 6.45) is 2.18. The van der Waals surface area contributed by atoms with Crippen LogP contribution in [0.3, 0.4) is 0 Å². The smallest absolute Gasteiger partial charge is 0.321 e. The van der Waals surface area contributed by atoms with Crippen LogP contribution in [0.5, 0.6) is 0 Å². The van der Waals surface area contributed by atoms with E-state index in [0.29, 0.717) is 25.7 Å². The van der Waals surface area contributed by atoms with Crippen LogP contribution >= 0.6 is 0 Å². The molecule has 0 aromatic carbocycles. The van der Waals surface area contributed by atoms with Gasteiger partial charge < -0.3 is 5.11 Å². The second kappa shape index (κ2) is 4.09. The van der Waals surface area contributed by atoms with Crippen LogP contribution in [-0.4, -0.2) is 30.3 Å². The number of carbonyl (C=O) groups is 1. The minimum atomic E-state index is -3.48. The van der Waals surface area contributed by atoms with E-state index in [0.717, 1.165) is 0 Å². The number of hydrogen-bond acceptors (Lipinski definition) is 3. The molecule has 0 saturated heterocycles. The first kappa shape index (κ1) is 12.4. The molecule has 6 heteroatoms. The second-order valence-corrected chi connectivity index (χ2v) is 6.48. The summed E-state index contributed by atoms with van der Waals surface area (Å²) in [5, 5.41) is 8.83. The van der Waals surface area contributed by atoms with Crippen molar-refractivity contribution < 1.29 is 18.3 Å². The van der Waals surface area contributed by atoms with Gasteiger partial charge in [0.15, 0.2) is 0 Å². The molecule has 1 atom stereocenters. The van der Waals surface area contributed by atoms with Crippen LogP contribution in [-0.2, 0) is 14.8 Å². The number of sulfonamides is 1. The van der Waals surface area contributed by atoms with Gasteiger partial charge in [-0.25, -0.2) is 13.1 Å². The van der Waals surface area contributed by atoms with Gasteiger partial charge in [-0.05, 0) is 26.2 Å². The molecule has 0 radical (unpaired) electrons. The van der Waals surface area contributed by atoms with Gasteiger partial charge in [-0.15, -0.1) is 0 Å². The van der Waals surface area contributed by atoms with E-state index >= 15 is 0 Å². The molecule has 1 rings (SSSR count). The molecular formula is C9H17NO4S. The Hall–Kier alpha value is -0.620. The third kappa shape index (κ3) is 2.69. The maximum atomic E-state index is 11.7. The summed E-state index contributed by atoms with van der Waals surface area (Å²) < 4.78 is 25.0. The molecule has 2 N–H and O–H groups in total. The molecule has 0 aliphatic heterocycles. The predicted octanol–water partition coefficient (Wildman–Crippen LogP) is 0.712. The zero-order valence-electron chi connectivity index (χ0n) is 8.99. The minimum absolute atomic E-state index is 0.324. The normalized spacial score (nSPS) is 20.9. The fourth-order valence-corrected chi connectivity index (χ4v) is 2.81. The molecule has 0 aromatic rings. The van der Waals surface area contributed by atoms with E-state index in [1.165, 1.54) is 0 Å². The number of nitrogens with one attached hydrogen (secondary N) is 1. The SMILES string of the molecule is CCCC(NS(=O)(=O)C1(C)CC1)C(=O)O. The van der Waals surface area contributed by atoms with Gasteiger partial charge in [0.1, 0.15) is 6.04 Å². The monoisotopic (exact) mass is 235 g/mol. The highest BCUT2D eigenvalue weighted by atomic mass is 32.2. The van der Waals surface area contributed by atoms with Crippen molar-refractivity contribution >= 4 is 16.0 Å². The van der Waals surface area contributed by atoms with Crippen molar-refractivity contribution in [3.8, 4) is 0 Å². The first-order valence-corrected chi connectivity index (χ1v) is 6.55. The first-order valence-electron chi connectivity index (χ1n) is 5.07. The number of hydrogen-bond donors (Lipinski definition) is 2. The van der Waals surface area contributed by atoms with E-state index in [1.54, 1.807) is 6.92 Å². The van der Waals surface area contributed by atoms with Crippen molar-refractivity contribution in [3.63, 3.8) is 0 Å². The van der Waals surface area contributed by atoms with Gasteiger partial charge in [-0.3, -0.25) is 4.79 Å². The predicted molar refractivity (Wildman–Crippen MR) is 56.0 cm³/mol. The summed E-state index contributed by atoms with van der Waals surface area (Å²) >= 11 is 0. The van der Waals surface area contributed by atoms with Crippen LogP contribution in [0.4, 0.5) is 0 Å². The lowest BCUT2D eigenvalue weighted by molar-refractivity contribution is -0.139. The summed E-state index contributed by atoms with van der Waals surface area (Å²) in [4.78, 5) is 10.8. The highest BCUT2D eigenvalue weighted by Crippen LogP contribution is 2.42. The highest BCUT2D eigenvalue weighted by Gasteiger charge is 2.51. The Kier molecular flexibility index (Phi) is 3.40. The molecule has 1 fully saturated rings. The molecular weight excluding hydrogens is 218 g/mol. The Labute approximate surface area is 89.9 Å². The van der Waals surface area contributed by atoms with E-state index in [-0.39, 0.29) is 0 Å². The van der Waals surface area contributed by atoms with Gasteiger partial charge in [-0.2, -0.15) is 0 Å². The molecule has 0 amide bonds. The molecule has 0 heterocycles. The van der Waals surface area contributed by atoms with E-state index in [4.69, 9.17) is 5.11 Å². The maximum Gasteiger partial charge on any atom is 0.321 e. The zero-order chi connectivity index (χ0) is 11.7. The quantitative estimate of drug-likeness (QED) is 0.710. The molecule has 88 valence electrons. The molecule has 1 aliphatic rings. The lowest BCUT2D eigenvalue weighted by Crippen LogP contribution is -2.45. The number of carboxylic acids is 1. The van der Waals surface area contributed by atoms with Crippen LogP contribution in [0, 0.1) is 0 Å². The summed E-state index contributed by atoms with van der Waals surface area (Å²) in [7, 11) is -3.48. The Morgan fingerprint density at radius 1 is 1.53 bits per heavy atom. The van der Waals surface area contributed by atoms with Gasteiger partial charge in [0.2, 0.25) is 10.0 Å². The van der Waals surface area contributed by atoms with Crippen molar-refractivity contribution in [2.24, 2.45) is 0 Å². The number of aliphatic carboxylic acids is 1. The average Bonchev–Trinajstić information content (AvgIpc) is 2.84. The van der Waals surface area contributed by atoms with Crippen molar-refractivity contribution in [3.05, 3.63) is 0 Å². The molecule has 15 heavy (non-hydrogen) atoms. The van der Waals surface area contributed by atoms with Gasteiger partial charge in [0.05, 0.1) is 4.75 Å². The van der Waals surface area contributed by atoms with E-state index < -0.39 is 26.8 Å². The zero-order valence-corrected chi connectivity index (χ0v) is 9.80. The maximum absolute atomic E-state index is 11.7. The van der Waals surface area contributed by atoms with Crippen molar-refractivity contribution in [2.45, 2.75) is 50.3 Å². The fraction of sp³-hybridized carbons (Fsp3) is 0.889. The van der Waals surface area contributed by atoms with Crippen molar-refractivity contribution in [1.82, 2.24) is 4.72 Å². The Morgan fingerprint density at radius 2 is 2.07 bits per heavy atom. The highest BCUT2D eigenvalue weighted by molar-refractivity contribution is 7.91. The van der Waals surface area contributed by atoms with Gasteiger partial charge in [-0.1, -0.05) is 13.3 Å². The van der Waals surface area contributed by atoms with E-state index in [2.05, 4.69) is 4.72 Å². The molecule has 5 nitrogen and oxygen atoms in total. The molecule has 1 unspecified atom stereocenters. The molecule has 0 spiro atoms. The standard InChI is InChI=1S/C9H17NO4S/c1-3-4-7(8(11)12)10-15(13,14)9(2)5-6-9/h7,10H,3-6H2,1-2H3,(H,11,12). The number of carboxylic acid groups (broad SMARTS) is 1. The lowest BCUT2D eigenvalue weighted by Gasteiger charge is -2.17. The molecule has 0 bridgehead atoms. The first-order chi connectivity index (χ1) is 6.82. The summed E-state index contributed by atoms with van der Waals surface area (Å²) in [5.74, 6) is -1.11. The third-order valence-electron chi connectivity index (χ3n) is 2.78. The summed E-state index contributed by atoms with van der Waals surface area (Å²) in [6.45, 7) is 3.46. The third-order valence-corrected chi connectivity index (χ3v) is 5.08. The minimum Gasteiger partial charge on any atom is -0.480 e. The average molecular weight is 235 g/mol. The fourth-order valence-electron chi connectivity index (χ4n) is 1.30. The van der Waals surface area contributed by atoms with E-state index in [1.807, 2.05) is 6.92 Å². The molecule has 1 aliphatic carbocycles. The van der Waals surface area contributed by atoms with Crippen molar-refractivity contribution in [2.75, 3.05) is 0 Å². The Balaban J connectivity index is 2.70. The van der Waals surface area contributed by atoms with Crippen LogP contribution in [0.1, 0.15) is 39.5 Å². The van der Waals surface area contributed by atoms with E-state index in [9.17, 15) is 13.2 Å². The number of rotatable bonds is 6. The Morgan fingerprint density at radius 3 is 2.40 bits per heavy atom. The molecule has 0 aromatic heterocycles. The second-order valence-electron chi connectivity index (χ2n) is 4.25. The summed E-state index contributed by atoms with van der Waals surface area (Å²) in [6, 6.07) is -0.988. The van der Waals surface area contributed by atoms with Crippen LogP contribution in [0.15, 0.2) is 0 Å². The molecule has 1 saturated carbocycles. The lowest BCUT2D eigenvalue weighted by atomic mass is 10.2. The largest absolute Gasteiger partial charge is 0.480 e. The summed E-state index contributed by atoms with van der Waals surface area (Å²) in [5.41, 5.74) is 0. The van der Waals surface area contributed by atoms with Gasteiger partial charge in [0.25, 0.3) is 0 Å². The van der Waals surface area contributed by atoms with Crippen molar-refractivity contribution in [1.29, 1.82) is 0 Å². The van der Waals surface area contributed by atoms with Crippen LogP contribution < -0.4 is 4.72 Å².